The summed E-state index contributed by atoms with van der Waals surface area (Å²) in [6.07, 6.45) is 1.46. The number of carbonyl (C=O) groups is 2. The van der Waals surface area contributed by atoms with Gasteiger partial charge in [-0.15, -0.1) is 0 Å². The molecule has 4 nitrogen and oxygen atoms in total. The Balaban J connectivity index is 1.64. The lowest BCUT2D eigenvalue weighted by Gasteiger charge is -2.20. The SMILES string of the molecule is Cc1cccc(C(C)C)c1NC(=O)C1(C(=O)NCCc2ccccc2F)CC1. The van der Waals surface area contributed by atoms with Crippen LogP contribution in [0.4, 0.5) is 10.1 Å². The Bertz CT molecular complexity index is 888. The van der Waals surface area contributed by atoms with Crippen molar-refractivity contribution in [2.24, 2.45) is 5.41 Å². The Kier molecular flexibility index (Phi) is 5.82. The van der Waals surface area contributed by atoms with Crippen LogP contribution in [0.15, 0.2) is 42.5 Å². The summed E-state index contributed by atoms with van der Waals surface area (Å²) in [5, 5.41) is 5.81. The molecule has 3 rings (SSSR count). The van der Waals surface area contributed by atoms with Crippen LogP contribution >= 0.6 is 0 Å². The number of carbonyl (C=O) groups excluding carboxylic acids is 2. The van der Waals surface area contributed by atoms with Crippen molar-refractivity contribution in [1.29, 1.82) is 0 Å². The predicted octanol–water partition coefficient (Wildman–Crippen LogP) is 4.34. The molecular weight excluding hydrogens is 355 g/mol. The molecule has 28 heavy (non-hydrogen) atoms. The molecule has 2 amide bonds. The lowest BCUT2D eigenvalue weighted by Crippen LogP contribution is -2.41. The van der Waals surface area contributed by atoms with E-state index < -0.39 is 5.41 Å². The summed E-state index contributed by atoms with van der Waals surface area (Å²) < 4.78 is 13.7. The molecule has 148 valence electrons. The molecule has 2 aromatic carbocycles. The second-order valence-corrected chi connectivity index (χ2v) is 7.83. The van der Waals surface area contributed by atoms with Gasteiger partial charge >= 0.3 is 0 Å². The first-order valence-corrected chi connectivity index (χ1v) is 9.78. The molecule has 0 spiro atoms. The Morgan fingerprint density at radius 2 is 1.79 bits per heavy atom. The number of hydrogen-bond acceptors (Lipinski definition) is 2. The van der Waals surface area contributed by atoms with Crippen molar-refractivity contribution in [1.82, 2.24) is 5.32 Å². The minimum absolute atomic E-state index is 0.257. The maximum atomic E-state index is 13.7. The van der Waals surface area contributed by atoms with Gasteiger partial charge in [0.25, 0.3) is 0 Å². The lowest BCUT2D eigenvalue weighted by molar-refractivity contribution is -0.134. The molecule has 0 unspecified atom stereocenters. The van der Waals surface area contributed by atoms with Gasteiger partial charge in [-0.05, 0) is 54.9 Å². The van der Waals surface area contributed by atoms with E-state index in [1.807, 2.05) is 25.1 Å². The van der Waals surface area contributed by atoms with Crippen LogP contribution in [0.25, 0.3) is 0 Å². The molecule has 0 atom stereocenters. The van der Waals surface area contributed by atoms with Crippen molar-refractivity contribution in [3.05, 3.63) is 65.0 Å². The number of nitrogens with one attached hydrogen (secondary N) is 2. The summed E-state index contributed by atoms with van der Waals surface area (Å²) in [5.41, 5.74) is 2.39. The van der Waals surface area contributed by atoms with Crippen LogP contribution in [0.2, 0.25) is 0 Å². The van der Waals surface area contributed by atoms with Gasteiger partial charge in [-0.2, -0.15) is 0 Å². The fraction of sp³-hybridized carbons (Fsp3) is 0.391. The predicted molar refractivity (Wildman–Crippen MR) is 109 cm³/mol. The van der Waals surface area contributed by atoms with E-state index in [0.717, 1.165) is 16.8 Å². The van der Waals surface area contributed by atoms with E-state index in [1.165, 1.54) is 6.07 Å². The third-order valence-electron chi connectivity index (χ3n) is 5.42. The van der Waals surface area contributed by atoms with E-state index in [1.54, 1.807) is 18.2 Å². The third kappa shape index (κ3) is 4.08. The fourth-order valence-corrected chi connectivity index (χ4v) is 3.44. The fourth-order valence-electron chi connectivity index (χ4n) is 3.44. The molecule has 1 fully saturated rings. The zero-order valence-electron chi connectivity index (χ0n) is 16.6. The maximum Gasteiger partial charge on any atom is 0.240 e. The summed E-state index contributed by atoms with van der Waals surface area (Å²) in [5.74, 6) is -0.551. The largest absolute Gasteiger partial charge is 0.355 e. The topological polar surface area (TPSA) is 58.2 Å². The van der Waals surface area contributed by atoms with Crippen LogP contribution in [0.5, 0.6) is 0 Å². The van der Waals surface area contributed by atoms with Crippen LogP contribution in [-0.2, 0) is 16.0 Å². The lowest BCUT2D eigenvalue weighted by atomic mass is 9.97. The quantitative estimate of drug-likeness (QED) is 0.700. The van der Waals surface area contributed by atoms with Gasteiger partial charge in [0, 0.05) is 12.2 Å². The van der Waals surface area contributed by atoms with Crippen molar-refractivity contribution >= 4 is 17.5 Å². The van der Waals surface area contributed by atoms with Gasteiger partial charge in [0.1, 0.15) is 11.2 Å². The number of hydrogen-bond donors (Lipinski definition) is 2. The number of anilines is 1. The molecule has 0 aliphatic heterocycles. The van der Waals surface area contributed by atoms with E-state index in [-0.39, 0.29) is 23.5 Å². The monoisotopic (exact) mass is 382 g/mol. The van der Waals surface area contributed by atoms with Gasteiger partial charge in [-0.25, -0.2) is 4.39 Å². The molecule has 0 heterocycles. The first-order valence-electron chi connectivity index (χ1n) is 9.78. The van der Waals surface area contributed by atoms with Crippen molar-refractivity contribution in [3.63, 3.8) is 0 Å². The minimum atomic E-state index is -1.01. The number of amides is 2. The van der Waals surface area contributed by atoms with Gasteiger partial charge in [0.05, 0.1) is 0 Å². The zero-order chi connectivity index (χ0) is 20.3. The highest BCUT2D eigenvalue weighted by molar-refractivity contribution is 6.13. The van der Waals surface area contributed by atoms with Gasteiger partial charge in [0.15, 0.2) is 0 Å². The van der Waals surface area contributed by atoms with E-state index >= 15 is 0 Å². The number of para-hydroxylation sites is 1. The second-order valence-electron chi connectivity index (χ2n) is 7.83. The van der Waals surface area contributed by atoms with Crippen molar-refractivity contribution < 1.29 is 14.0 Å². The van der Waals surface area contributed by atoms with Crippen LogP contribution in [0.1, 0.15) is 49.3 Å². The van der Waals surface area contributed by atoms with E-state index in [4.69, 9.17) is 0 Å². The molecule has 0 aromatic heterocycles. The van der Waals surface area contributed by atoms with Crippen molar-refractivity contribution in [3.8, 4) is 0 Å². The Hall–Kier alpha value is -2.69. The number of benzene rings is 2. The molecule has 1 aliphatic carbocycles. The molecule has 5 heteroatoms. The van der Waals surface area contributed by atoms with E-state index in [9.17, 15) is 14.0 Å². The van der Waals surface area contributed by atoms with E-state index in [0.29, 0.717) is 31.4 Å². The number of rotatable bonds is 7. The van der Waals surface area contributed by atoms with Crippen LogP contribution in [0, 0.1) is 18.2 Å². The van der Waals surface area contributed by atoms with Crippen LogP contribution in [0.3, 0.4) is 0 Å². The third-order valence-corrected chi connectivity index (χ3v) is 5.42. The first kappa shape index (κ1) is 20.1. The number of halogens is 1. The van der Waals surface area contributed by atoms with Crippen LogP contribution < -0.4 is 10.6 Å². The summed E-state index contributed by atoms with van der Waals surface area (Å²) in [6.45, 7) is 6.41. The van der Waals surface area contributed by atoms with Crippen LogP contribution in [-0.4, -0.2) is 18.4 Å². The van der Waals surface area contributed by atoms with E-state index in [2.05, 4.69) is 24.5 Å². The summed E-state index contributed by atoms with van der Waals surface area (Å²) in [6, 6.07) is 12.4. The summed E-state index contributed by atoms with van der Waals surface area (Å²) in [7, 11) is 0. The Morgan fingerprint density at radius 1 is 1.07 bits per heavy atom. The second kappa shape index (κ2) is 8.13. The van der Waals surface area contributed by atoms with Crippen molar-refractivity contribution in [2.75, 3.05) is 11.9 Å². The minimum Gasteiger partial charge on any atom is -0.355 e. The highest BCUT2D eigenvalue weighted by Gasteiger charge is 2.56. The van der Waals surface area contributed by atoms with Crippen molar-refractivity contribution in [2.45, 2.75) is 46.0 Å². The van der Waals surface area contributed by atoms with Gasteiger partial charge in [-0.1, -0.05) is 50.2 Å². The Labute approximate surface area is 165 Å². The summed E-state index contributed by atoms with van der Waals surface area (Å²) >= 11 is 0. The molecule has 1 saturated carbocycles. The molecule has 0 radical (unpaired) electrons. The molecule has 0 bridgehead atoms. The zero-order valence-corrected chi connectivity index (χ0v) is 16.6. The van der Waals surface area contributed by atoms with Gasteiger partial charge < -0.3 is 10.6 Å². The number of aryl methyl sites for hydroxylation is 1. The Morgan fingerprint density at radius 3 is 2.43 bits per heavy atom. The summed E-state index contributed by atoms with van der Waals surface area (Å²) in [4.78, 5) is 25.6. The average Bonchev–Trinajstić information content (AvgIpc) is 3.46. The smallest absolute Gasteiger partial charge is 0.240 e. The standard InChI is InChI=1S/C23H27FN2O2/c1-15(2)18-9-6-7-16(3)20(18)26-22(28)23(12-13-23)21(27)25-14-11-17-8-4-5-10-19(17)24/h4-10,15H,11-14H2,1-3H3,(H,25,27)(H,26,28). The highest BCUT2D eigenvalue weighted by Crippen LogP contribution is 2.47. The molecule has 2 N–H and O–H groups in total. The van der Waals surface area contributed by atoms with Gasteiger partial charge in [0.2, 0.25) is 11.8 Å². The highest BCUT2D eigenvalue weighted by atomic mass is 19.1. The molecule has 1 aliphatic rings. The molecular formula is C23H27FN2O2. The molecule has 2 aromatic rings. The first-order chi connectivity index (χ1) is 13.3. The maximum absolute atomic E-state index is 13.7. The normalized spacial score (nSPS) is 14.6. The molecule has 0 saturated heterocycles. The van der Waals surface area contributed by atoms with Gasteiger partial charge in [-0.3, -0.25) is 9.59 Å². The average molecular weight is 382 g/mol.